The van der Waals surface area contributed by atoms with Gasteiger partial charge in [0.05, 0.1) is 13.7 Å². The molecule has 2 aromatic carbocycles. The molecule has 0 saturated carbocycles. The summed E-state index contributed by atoms with van der Waals surface area (Å²) < 4.78 is 10.8. The van der Waals surface area contributed by atoms with Crippen LogP contribution >= 0.6 is 0 Å². The van der Waals surface area contributed by atoms with E-state index in [1.807, 2.05) is 6.07 Å². The van der Waals surface area contributed by atoms with Crippen molar-refractivity contribution in [2.24, 2.45) is 0 Å². The molecule has 0 radical (unpaired) electrons. The minimum absolute atomic E-state index is 0.0978. The van der Waals surface area contributed by atoms with Crippen LogP contribution in [0.5, 0.6) is 17.2 Å². The van der Waals surface area contributed by atoms with Gasteiger partial charge in [-0.15, -0.1) is 0 Å². The first-order valence-electron chi connectivity index (χ1n) is 5.91. The van der Waals surface area contributed by atoms with Crippen molar-refractivity contribution in [3.05, 3.63) is 53.6 Å². The maximum absolute atomic E-state index is 9.38. The Bertz CT molecular complexity index is 552. The van der Waals surface area contributed by atoms with Gasteiger partial charge in [-0.2, -0.15) is 0 Å². The molecule has 0 heterocycles. The third-order valence-corrected chi connectivity index (χ3v) is 2.75. The molecule has 100 valence electrons. The van der Waals surface area contributed by atoms with E-state index in [0.717, 1.165) is 5.56 Å². The number of ether oxygens (including phenoxy) is 2. The summed E-state index contributed by atoms with van der Waals surface area (Å²) in [7, 11) is 1.58. The number of phenols is 1. The molecule has 4 nitrogen and oxygen atoms in total. The van der Waals surface area contributed by atoms with E-state index in [1.165, 1.54) is 0 Å². The van der Waals surface area contributed by atoms with Crippen molar-refractivity contribution in [1.82, 2.24) is 0 Å². The fourth-order valence-electron chi connectivity index (χ4n) is 1.73. The lowest BCUT2D eigenvalue weighted by Crippen LogP contribution is -1.99. The highest BCUT2D eigenvalue weighted by molar-refractivity contribution is 5.40. The topological polar surface area (TPSA) is 58.9 Å². The third-order valence-electron chi connectivity index (χ3n) is 2.75. The highest BCUT2D eigenvalue weighted by Crippen LogP contribution is 2.26. The van der Waals surface area contributed by atoms with Gasteiger partial charge in [-0.25, -0.2) is 0 Å². The van der Waals surface area contributed by atoms with Crippen molar-refractivity contribution in [1.29, 1.82) is 0 Å². The first-order valence-corrected chi connectivity index (χ1v) is 5.91. The van der Waals surface area contributed by atoms with Crippen LogP contribution in [0.1, 0.15) is 11.1 Å². The van der Waals surface area contributed by atoms with E-state index >= 15 is 0 Å². The largest absolute Gasteiger partial charge is 0.508 e. The predicted molar refractivity (Wildman–Crippen MR) is 71.4 cm³/mol. The van der Waals surface area contributed by atoms with E-state index in [0.29, 0.717) is 23.7 Å². The molecule has 0 aliphatic rings. The van der Waals surface area contributed by atoms with Gasteiger partial charge in [-0.1, -0.05) is 12.1 Å². The molecule has 0 atom stereocenters. The fourth-order valence-corrected chi connectivity index (χ4v) is 1.73. The molecule has 2 rings (SSSR count). The first-order chi connectivity index (χ1) is 9.22. The van der Waals surface area contributed by atoms with Crippen LogP contribution in [0.25, 0.3) is 0 Å². The van der Waals surface area contributed by atoms with E-state index in [2.05, 4.69) is 0 Å². The molecular weight excluding hydrogens is 244 g/mol. The van der Waals surface area contributed by atoms with Crippen molar-refractivity contribution in [3.63, 3.8) is 0 Å². The van der Waals surface area contributed by atoms with Gasteiger partial charge in [0.2, 0.25) is 0 Å². The summed E-state index contributed by atoms with van der Waals surface area (Å²) in [6.07, 6.45) is 0. The summed E-state index contributed by atoms with van der Waals surface area (Å²) in [5, 5.41) is 18.6. The molecule has 0 spiro atoms. The van der Waals surface area contributed by atoms with Crippen LogP contribution in [0.2, 0.25) is 0 Å². The highest BCUT2D eigenvalue weighted by atomic mass is 16.5. The Kier molecular flexibility index (Phi) is 4.26. The number of methoxy groups -OCH3 is 1. The van der Waals surface area contributed by atoms with E-state index in [4.69, 9.17) is 9.47 Å². The summed E-state index contributed by atoms with van der Waals surface area (Å²) in [4.78, 5) is 0. The molecule has 19 heavy (non-hydrogen) atoms. The van der Waals surface area contributed by atoms with Gasteiger partial charge in [0.25, 0.3) is 0 Å². The Labute approximate surface area is 111 Å². The molecule has 2 N–H and O–H groups in total. The van der Waals surface area contributed by atoms with Gasteiger partial charge >= 0.3 is 0 Å². The van der Waals surface area contributed by atoms with Crippen molar-refractivity contribution in [2.45, 2.75) is 13.2 Å². The van der Waals surface area contributed by atoms with Crippen molar-refractivity contribution in [2.75, 3.05) is 7.11 Å². The standard InChI is InChI=1S/C15H16O4/c1-18-14-6-5-12(9-16)15(8-14)19-10-11-3-2-4-13(17)7-11/h2-8,16-17H,9-10H2,1H3. The number of rotatable bonds is 5. The Morgan fingerprint density at radius 2 is 1.95 bits per heavy atom. The van der Waals surface area contributed by atoms with Crippen molar-refractivity contribution >= 4 is 0 Å². The van der Waals surface area contributed by atoms with Crippen LogP contribution in [-0.4, -0.2) is 17.3 Å². The van der Waals surface area contributed by atoms with Gasteiger partial charge in [0, 0.05) is 11.6 Å². The van der Waals surface area contributed by atoms with Gasteiger partial charge in [-0.05, 0) is 29.8 Å². The lowest BCUT2D eigenvalue weighted by atomic mass is 10.2. The molecule has 0 aliphatic carbocycles. The number of benzene rings is 2. The van der Waals surface area contributed by atoms with E-state index in [1.54, 1.807) is 43.5 Å². The van der Waals surface area contributed by atoms with Gasteiger partial charge in [0.15, 0.2) is 0 Å². The van der Waals surface area contributed by atoms with E-state index < -0.39 is 0 Å². The second-order valence-electron chi connectivity index (χ2n) is 4.09. The molecule has 2 aromatic rings. The molecule has 4 heteroatoms. The SMILES string of the molecule is COc1ccc(CO)c(OCc2cccc(O)c2)c1. The lowest BCUT2D eigenvalue weighted by Gasteiger charge is -2.12. The van der Waals surface area contributed by atoms with Crippen LogP contribution in [0, 0.1) is 0 Å². The summed E-state index contributed by atoms with van der Waals surface area (Å²) in [5.74, 6) is 1.45. The predicted octanol–water partition coefficient (Wildman–Crippen LogP) is 2.47. The number of aromatic hydroxyl groups is 1. The Morgan fingerprint density at radius 3 is 2.63 bits per heavy atom. The maximum Gasteiger partial charge on any atom is 0.129 e. The van der Waals surface area contributed by atoms with E-state index in [-0.39, 0.29) is 12.4 Å². The zero-order valence-electron chi connectivity index (χ0n) is 10.7. The number of hydrogen-bond acceptors (Lipinski definition) is 4. The smallest absolute Gasteiger partial charge is 0.129 e. The van der Waals surface area contributed by atoms with Gasteiger partial charge in [-0.3, -0.25) is 0 Å². The quantitative estimate of drug-likeness (QED) is 0.867. The highest BCUT2D eigenvalue weighted by Gasteiger charge is 2.05. The lowest BCUT2D eigenvalue weighted by molar-refractivity contribution is 0.257. The Morgan fingerprint density at radius 1 is 1.11 bits per heavy atom. The maximum atomic E-state index is 9.38. The van der Waals surface area contributed by atoms with Crippen molar-refractivity contribution < 1.29 is 19.7 Å². The van der Waals surface area contributed by atoms with Crippen LogP contribution in [0.3, 0.4) is 0 Å². The molecule has 0 bridgehead atoms. The number of aliphatic hydroxyl groups excluding tert-OH is 1. The van der Waals surface area contributed by atoms with Crippen molar-refractivity contribution in [3.8, 4) is 17.2 Å². The summed E-state index contributed by atoms with van der Waals surface area (Å²) in [6, 6.07) is 12.1. The monoisotopic (exact) mass is 260 g/mol. The van der Waals surface area contributed by atoms with Gasteiger partial charge < -0.3 is 19.7 Å². The number of aliphatic hydroxyl groups is 1. The van der Waals surface area contributed by atoms with Crippen LogP contribution in [0.4, 0.5) is 0 Å². The number of phenolic OH excluding ortho intramolecular Hbond substituents is 1. The van der Waals surface area contributed by atoms with E-state index in [9.17, 15) is 10.2 Å². The Hall–Kier alpha value is -2.20. The third kappa shape index (κ3) is 3.39. The normalized spacial score (nSPS) is 10.2. The minimum atomic E-state index is -0.0978. The van der Waals surface area contributed by atoms with Crippen LogP contribution in [-0.2, 0) is 13.2 Å². The zero-order chi connectivity index (χ0) is 13.7. The average molecular weight is 260 g/mol. The first kappa shape index (κ1) is 13.2. The second-order valence-corrected chi connectivity index (χ2v) is 4.09. The van der Waals surface area contributed by atoms with Gasteiger partial charge in [0.1, 0.15) is 23.9 Å². The van der Waals surface area contributed by atoms with Crippen LogP contribution in [0.15, 0.2) is 42.5 Å². The molecule has 0 saturated heterocycles. The molecule has 0 aromatic heterocycles. The van der Waals surface area contributed by atoms with Crippen LogP contribution < -0.4 is 9.47 Å². The number of hydrogen-bond donors (Lipinski definition) is 2. The zero-order valence-corrected chi connectivity index (χ0v) is 10.7. The minimum Gasteiger partial charge on any atom is -0.508 e. The molecule has 0 amide bonds. The molecular formula is C15H16O4. The molecule has 0 unspecified atom stereocenters. The molecule has 0 aliphatic heterocycles. The summed E-state index contributed by atoms with van der Waals surface area (Å²) in [6.45, 7) is 0.216. The second kappa shape index (κ2) is 6.11. The Balaban J connectivity index is 2.14. The molecule has 0 fully saturated rings. The summed E-state index contributed by atoms with van der Waals surface area (Å²) in [5.41, 5.74) is 1.55. The summed E-state index contributed by atoms with van der Waals surface area (Å²) >= 11 is 0. The average Bonchev–Trinajstić information content (AvgIpc) is 2.45. The fraction of sp³-hybridized carbons (Fsp3) is 0.200.